The van der Waals surface area contributed by atoms with Gasteiger partial charge in [-0.05, 0) is 49.4 Å². The maximum absolute atomic E-state index is 12.7. The largest absolute Gasteiger partial charge is 0.342 e. The molecule has 2 amide bonds. The summed E-state index contributed by atoms with van der Waals surface area (Å²) in [5.41, 5.74) is 3.22. The summed E-state index contributed by atoms with van der Waals surface area (Å²) in [6.07, 6.45) is 3.05. The molecule has 0 spiro atoms. The molecule has 2 aromatic carbocycles. The fourth-order valence-corrected chi connectivity index (χ4v) is 4.49. The molecule has 164 valence electrons. The summed E-state index contributed by atoms with van der Waals surface area (Å²) in [4.78, 5) is 30.3. The molecule has 0 saturated heterocycles. The van der Waals surface area contributed by atoms with Crippen LogP contribution in [0.2, 0.25) is 0 Å². The average molecular weight is 458 g/mol. The third-order valence-corrected chi connectivity index (χ3v) is 6.12. The van der Waals surface area contributed by atoms with Crippen molar-refractivity contribution in [2.24, 2.45) is 0 Å². The molecule has 0 aliphatic rings. The molecule has 0 atom stereocenters. The molecule has 3 heterocycles. The Labute approximate surface area is 192 Å². The minimum absolute atomic E-state index is 0.137. The highest BCUT2D eigenvalue weighted by atomic mass is 32.1. The van der Waals surface area contributed by atoms with Gasteiger partial charge in [0.1, 0.15) is 17.5 Å². The van der Waals surface area contributed by atoms with Crippen LogP contribution in [-0.4, -0.2) is 42.9 Å². The third kappa shape index (κ3) is 4.23. The Balaban J connectivity index is 1.23. The van der Waals surface area contributed by atoms with Gasteiger partial charge in [0.2, 0.25) is 5.91 Å². The molecule has 9 nitrogen and oxygen atoms in total. The van der Waals surface area contributed by atoms with Crippen LogP contribution in [0.25, 0.3) is 21.6 Å². The fourth-order valence-electron chi connectivity index (χ4n) is 3.40. The number of rotatable bonds is 6. The standard InChI is InChI=1S/C23H19N7O2S/c1-15-19-11-20(33-23(19)30(28-15)18-5-3-2-4-6-18)22(32)25-12-21(31)27-16-7-9-17(10-8-16)29-14-24-13-26-29/h2-11,13-14H,12H2,1H3,(H,25,32)(H,27,31). The van der Waals surface area contributed by atoms with Gasteiger partial charge < -0.3 is 10.6 Å². The molecular formula is C23H19N7O2S. The van der Waals surface area contributed by atoms with Crippen LogP contribution in [0.3, 0.4) is 0 Å². The van der Waals surface area contributed by atoms with Gasteiger partial charge in [0.05, 0.1) is 28.5 Å². The number of nitrogens with one attached hydrogen (secondary N) is 2. The highest BCUT2D eigenvalue weighted by Gasteiger charge is 2.17. The van der Waals surface area contributed by atoms with Crippen molar-refractivity contribution in [1.82, 2.24) is 29.9 Å². The van der Waals surface area contributed by atoms with E-state index in [1.54, 1.807) is 23.1 Å². The van der Waals surface area contributed by atoms with Crippen molar-refractivity contribution in [3.63, 3.8) is 0 Å². The lowest BCUT2D eigenvalue weighted by Gasteiger charge is -2.07. The van der Waals surface area contributed by atoms with Crippen LogP contribution in [0, 0.1) is 6.92 Å². The molecule has 2 N–H and O–H groups in total. The number of carbonyl (C=O) groups excluding carboxylic acids is 2. The maximum Gasteiger partial charge on any atom is 0.261 e. The zero-order valence-electron chi connectivity index (χ0n) is 17.6. The summed E-state index contributed by atoms with van der Waals surface area (Å²) in [6.45, 7) is 1.78. The zero-order valence-corrected chi connectivity index (χ0v) is 18.4. The predicted molar refractivity (Wildman–Crippen MR) is 126 cm³/mol. The molecular weight excluding hydrogens is 438 g/mol. The molecule has 0 fully saturated rings. The number of carbonyl (C=O) groups is 2. The van der Waals surface area contributed by atoms with E-state index in [1.807, 2.05) is 60.1 Å². The highest BCUT2D eigenvalue weighted by Crippen LogP contribution is 2.30. The average Bonchev–Trinajstić information content (AvgIpc) is 3.57. The zero-order chi connectivity index (χ0) is 22.8. The summed E-state index contributed by atoms with van der Waals surface area (Å²) < 4.78 is 3.46. The van der Waals surface area contributed by atoms with Crippen molar-refractivity contribution >= 4 is 39.1 Å². The van der Waals surface area contributed by atoms with Crippen molar-refractivity contribution in [2.45, 2.75) is 6.92 Å². The number of fused-ring (bicyclic) bond motifs is 1. The molecule has 0 saturated carbocycles. The molecule has 5 rings (SSSR count). The first-order valence-corrected chi connectivity index (χ1v) is 11.0. The molecule has 0 bridgehead atoms. The second kappa shape index (κ2) is 8.67. The smallest absolute Gasteiger partial charge is 0.261 e. The number of benzene rings is 2. The van der Waals surface area contributed by atoms with Gasteiger partial charge in [0.25, 0.3) is 5.91 Å². The van der Waals surface area contributed by atoms with E-state index in [9.17, 15) is 9.59 Å². The van der Waals surface area contributed by atoms with Crippen LogP contribution in [0.1, 0.15) is 15.4 Å². The van der Waals surface area contributed by atoms with Crippen LogP contribution in [0.15, 0.2) is 73.3 Å². The quantitative estimate of drug-likeness (QED) is 0.407. The summed E-state index contributed by atoms with van der Waals surface area (Å²) in [6, 6.07) is 18.7. The maximum atomic E-state index is 12.7. The third-order valence-electron chi connectivity index (χ3n) is 5.01. The molecule has 0 radical (unpaired) electrons. The van der Waals surface area contributed by atoms with E-state index >= 15 is 0 Å². The van der Waals surface area contributed by atoms with Gasteiger partial charge in [-0.1, -0.05) is 18.2 Å². The van der Waals surface area contributed by atoms with Crippen molar-refractivity contribution in [3.05, 3.63) is 83.9 Å². The van der Waals surface area contributed by atoms with Crippen molar-refractivity contribution in [1.29, 1.82) is 0 Å². The van der Waals surface area contributed by atoms with Crippen LogP contribution >= 0.6 is 11.3 Å². The minimum Gasteiger partial charge on any atom is -0.342 e. The molecule has 5 aromatic rings. The number of thiophene rings is 1. The van der Waals surface area contributed by atoms with Gasteiger partial charge in [0.15, 0.2) is 0 Å². The first-order chi connectivity index (χ1) is 16.1. The normalized spacial score (nSPS) is 10.9. The summed E-state index contributed by atoms with van der Waals surface area (Å²) in [7, 11) is 0. The number of hydrogen-bond acceptors (Lipinski definition) is 6. The number of aromatic nitrogens is 5. The number of para-hydroxylation sites is 1. The number of hydrogen-bond donors (Lipinski definition) is 2. The number of amides is 2. The molecule has 10 heteroatoms. The van der Waals surface area contributed by atoms with E-state index in [-0.39, 0.29) is 18.4 Å². The van der Waals surface area contributed by atoms with Gasteiger partial charge in [-0.15, -0.1) is 11.3 Å². The lowest BCUT2D eigenvalue weighted by molar-refractivity contribution is -0.115. The number of nitrogens with zero attached hydrogens (tertiary/aromatic N) is 5. The van der Waals surface area contributed by atoms with Gasteiger partial charge in [-0.2, -0.15) is 10.2 Å². The number of anilines is 1. The van der Waals surface area contributed by atoms with Crippen LogP contribution in [0.4, 0.5) is 5.69 Å². The SMILES string of the molecule is Cc1nn(-c2ccccc2)c2sc(C(=O)NCC(=O)Nc3ccc(-n4cncn4)cc3)cc12. The fraction of sp³-hybridized carbons (Fsp3) is 0.0870. The Morgan fingerprint density at radius 2 is 1.82 bits per heavy atom. The first-order valence-electron chi connectivity index (χ1n) is 10.2. The van der Waals surface area contributed by atoms with Gasteiger partial charge in [-0.3, -0.25) is 9.59 Å². The Bertz CT molecular complexity index is 1420. The van der Waals surface area contributed by atoms with E-state index in [0.29, 0.717) is 10.6 Å². The molecule has 0 unspecified atom stereocenters. The van der Waals surface area contributed by atoms with Gasteiger partial charge in [-0.25, -0.2) is 14.3 Å². The van der Waals surface area contributed by atoms with E-state index in [4.69, 9.17) is 0 Å². The topological polar surface area (TPSA) is 107 Å². The summed E-state index contributed by atoms with van der Waals surface area (Å²) >= 11 is 1.35. The van der Waals surface area contributed by atoms with Crippen molar-refractivity contribution in [3.8, 4) is 11.4 Å². The van der Waals surface area contributed by atoms with Crippen molar-refractivity contribution < 1.29 is 9.59 Å². The predicted octanol–water partition coefficient (Wildman–Crippen LogP) is 3.34. The number of aryl methyl sites for hydroxylation is 1. The van der Waals surface area contributed by atoms with Gasteiger partial charge >= 0.3 is 0 Å². The monoisotopic (exact) mass is 457 g/mol. The van der Waals surface area contributed by atoms with E-state index in [0.717, 1.165) is 27.3 Å². The molecule has 3 aromatic heterocycles. The molecule has 0 aliphatic heterocycles. The Kier molecular flexibility index (Phi) is 5.41. The Hall–Kier alpha value is -4.31. The van der Waals surface area contributed by atoms with E-state index in [2.05, 4.69) is 25.8 Å². The Morgan fingerprint density at radius 3 is 2.55 bits per heavy atom. The second-order valence-corrected chi connectivity index (χ2v) is 8.31. The van der Waals surface area contributed by atoms with Gasteiger partial charge in [0, 0.05) is 11.1 Å². The Morgan fingerprint density at radius 1 is 1.03 bits per heavy atom. The van der Waals surface area contributed by atoms with Crippen molar-refractivity contribution in [2.75, 3.05) is 11.9 Å². The van der Waals surface area contributed by atoms with E-state index in [1.165, 1.54) is 17.7 Å². The first kappa shape index (κ1) is 20.6. The van der Waals surface area contributed by atoms with Crippen LogP contribution in [0.5, 0.6) is 0 Å². The second-order valence-electron chi connectivity index (χ2n) is 7.28. The lowest BCUT2D eigenvalue weighted by Crippen LogP contribution is -2.32. The minimum atomic E-state index is -0.315. The van der Waals surface area contributed by atoms with Crippen LogP contribution < -0.4 is 10.6 Å². The van der Waals surface area contributed by atoms with E-state index < -0.39 is 0 Å². The summed E-state index contributed by atoms with van der Waals surface area (Å²) in [5.74, 6) is -0.614. The summed E-state index contributed by atoms with van der Waals surface area (Å²) in [5, 5.41) is 15.0. The van der Waals surface area contributed by atoms with Crippen LogP contribution in [-0.2, 0) is 4.79 Å². The molecule has 33 heavy (non-hydrogen) atoms. The molecule has 0 aliphatic carbocycles. The lowest BCUT2D eigenvalue weighted by atomic mass is 10.3. The highest BCUT2D eigenvalue weighted by molar-refractivity contribution is 7.20.